The number of fused-ring (bicyclic) bond motifs is 2. The van der Waals surface area contributed by atoms with Gasteiger partial charge in [-0.05, 0) is 79.7 Å². The molecule has 4 heteroatoms. The molecular formula is C29H29F2NO. The van der Waals surface area contributed by atoms with E-state index in [1.54, 1.807) is 0 Å². The lowest BCUT2D eigenvalue weighted by Crippen LogP contribution is -2.09. The normalized spacial score (nSPS) is 20.9. The first-order chi connectivity index (χ1) is 15.9. The van der Waals surface area contributed by atoms with E-state index in [0.29, 0.717) is 12.3 Å². The van der Waals surface area contributed by atoms with Crippen molar-refractivity contribution in [2.24, 2.45) is 0 Å². The lowest BCUT2D eigenvalue weighted by molar-refractivity contribution is 0.00777. The maximum absolute atomic E-state index is 13.8. The standard InChI is InChI=1S/C29H29F2NO/c1-17-13-24-26(19-5-3-4-6-19)18(2)33-28(24)25(14-17)27-23-8-7-20(15-21(23)10-12-32-27)22-9-11-29(30,31)16-22/h7-8,10,12-15,19,22H,3-6,9,11,16H2,1-2H3. The van der Waals surface area contributed by atoms with Crippen LogP contribution in [0.2, 0.25) is 0 Å². The van der Waals surface area contributed by atoms with E-state index in [2.05, 4.69) is 38.1 Å². The van der Waals surface area contributed by atoms with Gasteiger partial charge < -0.3 is 4.42 Å². The summed E-state index contributed by atoms with van der Waals surface area (Å²) in [6.07, 6.45) is 7.34. The van der Waals surface area contributed by atoms with Crippen LogP contribution in [0.25, 0.3) is 33.0 Å². The topological polar surface area (TPSA) is 26.0 Å². The Hall–Kier alpha value is -2.75. The number of aromatic nitrogens is 1. The Balaban J connectivity index is 1.49. The molecule has 2 heterocycles. The van der Waals surface area contributed by atoms with Gasteiger partial charge in [0.25, 0.3) is 0 Å². The van der Waals surface area contributed by atoms with Crippen molar-refractivity contribution in [3.63, 3.8) is 0 Å². The van der Waals surface area contributed by atoms with Gasteiger partial charge in [-0.25, -0.2) is 8.78 Å². The highest BCUT2D eigenvalue weighted by molar-refractivity contribution is 6.03. The van der Waals surface area contributed by atoms with Crippen LogP contribution in [0.15, 0.2) is 47.0 Å². The predicted octanol–water partition coefficient (Wildman–Crippen LogP) is 8.83. The van der Waals surface area contributed by atoms with Crippen molar-refractivity contribution in [3.8, 4) is 11.3 Å². The Labute approximate surface area is 193 Å². The molecule has 170 valence electrons. The smallest absolute Gasteiger partial charge is 0.248 e. The first-order valence-electron chi connectivity index (χ1n) is 12.2. The fourth-order valence-corrected chi connectivity index (χ4v) is 6.28. The van der Waals surface area contributed by atoms with E-state index < -0.39 is 5.92 Å². The highest BCUT2D eigenvalue weighted by Gasteiger charge is 2.40. The van der Waals surface area contributed by atoms with E-state index in [-0.39, 0.29) is 18.8 Å². The fourth-order valence-electron chi connectivity index (χ4n) is 6.28. The number of benzene rings is 2. The van der Waals surface area contributed by atoms with Crippen LogP contribution in [0, 0.1) is 13.8 Å². The highest BCUT2D eigenvalue weighted by atomic mass is 19.3. The first-order valence-corrected chi connectivity index (χ1v) is 12.2. The molecule has 0 N–H and O–H groups in total. The number of pyridine rings is 1. The van der Waals surface area contributed by atoms with Crippen molar-refractivity contribution < 1.29 is 13.2 Å². The van der Waals surface area contributed by atoms with Crippen molar-refractivity contribution in [2.75, 3.05) is 0 Å². The fraction of sp³-hybridized carbons (Fsp3) is 0.414. The molecule has 6 rings (SSSR count). The van der Waals surface area contributed by atoms with Crippen molar-refractivity contribution >= 4 is 21.7 Å². The van der Waals surface area contributed by atoms with Crippen LogP contribution in [0.4, 0.5) is 8.78 Å². The zero-order chi connectivity index (χ0) is 22.7. The van der Waals surface area contributed by atoms with Crippen LogP contribution in [-0.4, -0.2) is 10.9 Å². The van der Waals surface area contributed by atoms with E-state index in [9.17, 15) is 8.78 Å². The minimum absolute atomic E-state index is 0.0141. The highest BCUT2D eigenvalue weighted by Crippen LogP contribution is 2.46. The van der Waals surface area contributed by atoms with Gasteiger partial charge in [0.2, 0.25) is 5.92 Å². The molecule has 0 amide bonds. The van der Waals surface area contributed by atoms with E-state index in [4.69, 9.17) is 9.40 Å². The number of aryl methyl sites for hydroxylation is 2. The Morgan fingerprint density at radius 1 is 0.939 bits per heavy atom. The Morgan fingerprint density at radius 2 is 1.76 bits per heavy atom. The van der Waals surface area contributed by atoms with Crippen LogP contribution in [0.1, 0.15) is 79.2 Å². The second-order valence-electron chi connectivity index (χ2n) is 10.2. The average Bonchev–Trinajstić information content (AvgIpc) is 3.51. The zero-order valence-corrected chi connectivity index (χ0v) is 19.3. The van der Waals surface area contributed by atoms with Crippen molar-refractivity contribution in [2.45, 2.75) is 76.6 Å². The SMILES string of the molecule is Cc1cc(-c2nccc3cc(C4CCC(F)(F)C4)ccc23)c2oc(C)c(C3CCCC3)c2c1. The summed E-state index contributed by atoms with van der Waals surface area (Å²) in [7, 11) is 0. The van der Waals surface area contributed by atoms with E-state index in [1.165, 1.54) is 42.2 Å². The van der Waals surface area contributed by atoms with E-state index in [0.717, 1.165) is 38.9 Å². The van der Waals surface area contributed by atoms with Crippen LogP contribution in [0.3, 0.4) is 0 Å². The molecule has 2 nitrogen and oxygen atoms in total. The summed E-state index contributed by atoms with van der Waals surface area (Å²) >= 11 is 0. The third-order valence-corrected chi connectivity index (χ3v) is 7.84. The minimum Gasteiger partial charge on any atom is -0.460 e. The number of hydrogen-bond donors (Lipinski definition) is 0. The zero-order valence-electron chi connectivity index (χ0n) is 19.3. The lowest BCUT2D eigenvalue weighted by Gasteiger charge is -2.14. The molecule has 2 aromatic carbocycles. The predicted molar refractivity (Wildman–Crippen MR) is 129 cm³/mol. The second kappa shape index (κ2) is 7.65. The third kappa shape index (κ3) is 3.55. The molecule has 2 fully saturated rings. The summed E-state index contributed by atoms with van der Waals surface area (Å²) in [6.45, 7) is 4.22. The summed E-state index contributed by atoms with van der Waals surface area (Å²) in [4.78, 5) is 4.78. The third-order valence-electron chi connectivity index (χ3n) is 7.84. The van der Waals surface area contributed by atoms with Crippen molar-refractivity contribution in [1.82, 2.24) is 4.98 Å². The van der Waals surface area contributed by atoms with Crippen LogP contribution < -0.4 is 0 Å². The van der Waals surface area contributed by atoms with Gasteiger partial charge in [-0.1, -0.05) is 31.0 Å². The maximum Gasteiger partial charge on any atom is 0.248 e. The molecule has 0 spiro atoms. The molecular weight excluding hydrogens is 416 g/mol. The second-order valence-corrected chi connectivity index (χ2v) is 10.2. The largest absolute Gasteiger partial charge is 0.460 e. The Morgan fingerprint density at radius 3 is 2.52 bits per heavy atom. The van der Waals surface area contributed by atoms with Gasteiger partial charge >= 0.3 is 0 Å². The van der Waals surface area contributed by atoms with Gasteiger partial charge in [-0.15, -0.1) is 0 Å². The molecule has 2 aliphatic carbocycles. The molecule has 0 radical (unpaired) electrons. The summed E-state index contributed by atoms with van der Waals surface area (Å²) in [5.74, 6) is -1.01. The van der Waals surface area contributed by atoms with Gasteiger partial charge in [0.15, 0.2) is 0 Å². The van der Waals surface area contributed by atoms with Gasteiger partial charge in [0, 0.05) is 40.9 Å². The van der Waals surface area contributed by atoms with Gasteiger partial charge in [-0.2, -0.15) is 0 Å². The average molecular weight is 446 g/mol. The quantitative estimate of drug-likeness (QED) is 0.315. The number of nitrogens with zero attached hydrogens (tertiary/aromatic N) is 1. The summed E-state index contributed by atoms with van der Waals surface area (Å²) in [5, 5.41) is 3.30. The molecule has 0 bridgehead atoms. The van der Waals surface area contributed by atoms with Gasteiger partial charge in [-0.3, -0.25) is 4.98 Å². The van der Waals surface area contributed by atoms with Crippen LogP contribution in [-0.2, 0) is 0 Å². The number of alkyl halides is 2. The van der Waals surface area contributed by atoms with Crippen LogP contribution in [0.5, 0.6) is 0 Å². The minimum atomic E-state index is -2.54. The molecule has 33 heavy (non-hydrogen) atoms. The van der Waals surface area contributed by atoms with Crippen molar-refractivity contribution in [1.29, 1.82) is 0 Å². The summed E-state index contributed by atoms with van der Waals surface area (Å²) < 4.78 is 34.0. The number of rotatable bonds is 3. The molecule has 2 aromatic heterocycles. The molecule has 0 aliphatic heterocycles. The number of hydrogen-bond acceptors (Lipinski definition) is 2. The van der Waals surface area contributed by atoms with Gasteiger partial charge in [0.05, 0.1) is 5.69 Å². The summed E-state index contributed by atoms with van der Waals surface area (Å²) in [5.41, 5.74) is 6.40. The molecule has 2 saturated carbocycles. The summed E-state index contributed by atoms with van der Waals surface area (Å²) in [6, 6.07) is 12.6. The maximum atomic E-state index is 13.8. The molecule has 1 atom stereocenters. The van der Waals surface area contributed by atoms with Crippen molar-refractivity contribution in [3.05, 3.63) is 65.0 Å². The van der Waals surface area contributed by atoms with Gasteiger partial charge in [0.1, 0.15) is 11.3 Å². The number of halogens is 2. The first kappa shape index (κ1) is 20.8. The Bertz CT molecular complexity index is 1360. The van der Waals surface area contributed by atoms with Crippen LogP contribution >= 0.6 is 0 Å². The molecule has 1 unspecified atom stereocenters. The van der Waals surface area contributed by atoms with E-state index >= 15 is 0 Å². The molecule has 2 aliphatic rings. The number of furan rings is 1. The molecule has 4 aromatic rings. The molecule has 0 saturated heterocycles. The Kier molecular flexibility index (Phi) is 4.83. The monoisotopic (exact) mass is 445 g/mol. The van der Waals surface area contributed by atoms with E-state index in [1.807, 2.05) is 18.3 Å². The lowest BCUT2D eigenvalue weighted by atomic mass is 9.91.